The van der Waals surface area contributed by atoms with Gasteiger partial charge in [0.2, 0.25) is 0 Å². The monoisotopic (exact) mass is 115 g/mol. The van der Waals surface area contributed by atoms with Crippen molar-refractivity contribution in [3.8, 4) is 0 Å². The molecule has 0 aromatic rings. The molecule has 0 radical (unpaired) electrons. The fourth-order valence-corrected chi connectivity index (χ4v) is 0.336. The minimum atomic E-state index is 0.685. The Balaban J connectivity index is 2.97. The first-order valence-electron chi connectivity index (χ1n) is 1.69. The van der Waals surface area contributed by atoms with Gasteiger partial charge >= 0.3 is 0 Å². The Kier molecular flexibility index (Phi) is 4.94. The number of nitrogens with zero attached hydrogens (tertiary/aromatic N) is 3. The van der Waals surface area contributed by atoms with Crippen molar-refractivity contribution in [2.45, 2.75) is 0 Å². The summed E-state index contributed by atoms with van der Waals surface area (Å²) < 4.78 is 3.19. The fourth-order valence-electron chi connectivity index (χ4n) is 0.112. The van der Waals surface area contributed by atoms with Gasteiger partial charge in [0.15, 0.2) is 0 Å². The highest BCUT2D eigenvalue weighted by atomic mass is 32.2. The van der Waals surface area contributed by atoms with Gasteiger partial charge in [0.25, 0.3) is 0 Å². The summed E-state index contributed by atoms with van der Waals surface area (Å²) in [5, 5.41) is 0. The van der Waals surface area contributed by atoms with E-state index >= 15 is 0 Å². The maximum Gasteiger partial charge on any atom is 0.0182 e. The Morgan fingerprint density at radius 2 is 2.71 bits per heavy atom. The first-order chi connectivity index (χ1) is 3.41. The molecule has 0 saturated heterocycles. The Hall–Kier alpha value is -0.600. The lowest BCUT2D eigenvalue weighted by atomic mass is 10.8. The highest BCUT2D eigenvalue weighted by Gasteiger charge is 1.69. The zero-order valence-corrected chi connectivity index (χ0v) is 4.56. The molecule has 4 heteroatoms. The molecule has 0 aliphatic heterocycles. The summed E-state index contributed by atoms with van der Waals surface area (Å²) in [5.41, 5.74) is 7.70. The van der Waals surface area contributed by atoms with E-state index in [2.05, 4.69) is 16.0 Å². The van der Waals surface area contributed by atoms with Gasteiger partial charge < -0.3 is 0 Å². The van der Waals surface area contributed by atoms with Crippen LogP contribution in [-0.4, -0.2) is 5.75 Å². The number of rotatable bonds is 3. The SMILES string of the molecule is C=CCSN=[N+]=[N-]. The Bertz CT molecular complexity index is 94.4. The van der Waals surface area contributed by atoms with Gasteiger partial charge in [-0.15, -0.1) is 6.58 Å². The smallest absolute Gasteiger partial charge is 0.0182 e. The number of hydrogen-bond acceptors (Lipinski definition) is 2. The van der Waals surface area contributed by atoms with E-state index in [1.54, 1.807) is 6.08 Å². The van der Waals surface area contributed by atoms with Crippen molar-refractivity contribution in [1.82, 2.24) is 0 Å². The molecule has 0 fully saturated rings. The van der Waals surface area contributed by atoms with E-state index in [9.17, 15) is 0 Å². The predicted octanol–water partition coefficient (Wildman–Crippen LogP) is 2.13. The highest BCUT2D eigenvalue weighted by Crippen LogP contribution is 1.99. The van der Waals surface area contributed by atoms with Crippen LogP contribution in [0, 0.1) is 0 Å². The maximum absolute atomic E-state index is 7.70. The third-order valence-electron chi connectivity index (χ3n) is 0.287. The van der Waals surface area contributed by atoms with E-state index < -0.39 is 0 Å². The molecule has 0 saturated carbocycles. The van der Waals surface area contributed by atoms with E-state index in [0.717, 1.165) is 11.9 Å². The molecule has 3 nitrogen and oxygen atoms in total. The summed E-state index contributed by atoms with van der Waals surface area (Å²) in [5.74, 6) is 0.685. The van der Waals surface area contributed by atoms with Gasteiger partial charge in [-0.25, -0.2) is 0 Å². The van der Waals surface area contributed by atoms with E-state index in [0.29, 0.717) is 5.75 Å². The van der Waals surface area contributed by atoms with Crippen LogP contribution in [0.5, 0.6) is 0 Å². The average molecular weight is 115 g/mol. The van der Waals surface area contributed by atoms with Crippen molar-refractivity contribution < 1.29 is 0 Å². The zero-order valence-electron chi connectivity index (χ0n) is 3.74. The lowest BCUT2D eigenvalue weighted by Gasteiger charge is -1.75. The third kappa shape index (κ3) is 5.40. The van der Waals surface area contributed by atoms with Gasteiger partial charge in [-0.3, -0.25) is 0 Å². The second-order valence-corrected chi connectivity index (χ2v) is 1.51. The second kappa shape index (κ2) is 5.40. The second-order valence-electron chi connectivity index (χ2n) is 0.756. The fraction of sp³-hybridized carbons (Fsp3) is 0.333. The van der Waals surface area contributed by atoms with Crippen molar-refractivity contribution in [1.29, 1.82) is 0 Å². The molecular weight excluding hydrogens is 110 g/mol. The molecule has 0 aliphatic carbocycles. The quantitative estimate of drug-likeness (QED) is 0.139. The standard InChI is InChI=1S/C3H5N3S/c1-2-3-7-6-5-4/h2H,1,3H2. The molecule has 0 amide bonds. The third-order valence-corrected chi connectivity index (χ3v) is 0.860. The predicted molar refractivity (Wildman–Crippen MR) is 31.8 cm³/mol. The summed E-state index contributed by atoms with van der Waals surface area (Å²) in [6.07, 6.45) is 1.68. The Morgan fingerprint density at radius 1 is 2.00 bits per heavy atom. The van der Waals surface area contributed by atoms with Crippen LogP contribution in [0.25, 0.3) is 10.4 Å². The van der Waals surface area contributed by atoms with Gasteiger partial charge in [0, 0.05) is 10.7 Å². The van der Waals surface area contributed by atoms with Crippen LogP contribution in [0.2, 0.25) is 0 Å². The minimum Gasteiger partial charge on any atom is -0.102 e. The molecule has 0 bridgehead atoms. The molecule has 0 aromatic heterocycles. The van der Waals surface area contributed by atoms with E-state index in [1.807, 2.05) is 0 Å². The summed E-state index contributed by atoms with van der Waals surface area (Å²) in [6, 6.07) is 0. The molecule has 7 heavy (non-hydrogen) atoms. The Labute approximate surface area is 46.2 Å². The molecule has 0 atom stereocenters. The molecule has 0 N–H and O–H groups in total. The first kappa shape index (κ1) is 6.40. The summed E-state index contributed by atoms with van der Waals surface area (Å²) in [7, 11) is 0. The van der Waals surface area contributed by atoms with Crippen molar-refractivity contribution in [3.63, 3.8) is 0 Å². The molecule has 0 aliphatic rings. The molecule has 0 rings (SSSR count). The van der Waals surface area contributed by atoms with Crippen LogP contribution < -0.4 is 0 Å². The summed E-state index contributed by atoms with van der Waals surface area (Å²) in [6.45, 7) is 3.43. The van der Waals surface area contributed by atoms with Crippen LogP contribution >= 0.6 is 11.9 Å². The van der Waals surface area contributed by atoms with Gasteiger partial charge in [-0.2, -0.15) is 0 Å². The van der Waals surface area contributed by atoms with Gasteiger partial charge in [-0.05, 0) is 10.1 Å². The van der Waals surface area contributed by atoms with Crippen LogP contribution in [0.15, 0.2) is 17.2 Å². The molecule has 38 valence electrons. The Morgan fingerprint density at radius 3 is 3.14 bits per heavy atom. The van der Waals surface area contributed by atoms with Gasteiger partial charge in [0.05, 0.1) is 0 Å². The average Bonchev–Trinajstić information content (AvgIpc) is 1.69. The van der Waals surface area contributed by atoms with Crippen molar-refractivity contribution in [2.24, 2.45) is 4.52 Å². The van der Waals surface area contributed by atoms with Crippen LogP contribution in [0.4, 0.5) is 0 Å². The normalized spacial score (nSPS) is 6.86. The molecular formula is C3H5N3S. The largest absolute Gasteiger partial charge is 0.102 e. The van der Waals surface area contributed by atoms with Crippen LogP contribution in [0.3, 0.4) is 0 Å². The lowest BCUT2D eigenvalue weighted by Crippen LogP contribution is -1.56. The van der Waals surface area contributed by atoms with E-state index in [1.165, 1.54) is 0 Å². The van der Waals surface area contributed by atoms with Crippen LogP contribution in [-0.2, 0) is 0 Å². The molecule has 0 spiro atoms. The molecule has 0 aromatic carbocycles. The van der Waals surface area contributed by atoms with Crippen LogP contribution in [0.1, 0.15) is 0 Å². The first-order valence-corrected chi connectivity index (χ1v) is 2.63. The lowest BCUT2D eigenvalue weighted by molar-refractivity contribution is 1.73. The summed E-state index contributed by atoms with van der Waals surface area (Å²) in [4.78, 5) is 2.51. The maximum atomic E-state index is 7.70. The van der Waals surface area contributed by atoms with Crippen molar-refractivity contribution in [3.05, 3.63) is 23.1 Å². The van der Waals surface area contributed by atoms with E-state index in [4.69, 9.17) is 5.53 Å². The minimum absolute atomic E-state index is 0.685. The zero-order chi connectivity index (χ0) is 5.54. The molecule has 0 heterocycles. The summed E-state index contributed by atoms with van der Waals surface area (Å²) >= 11 is 1.14. The number of azide groups is 1. The molecule has 0 unspecified atom stereocenters. The van der Waals surface area contributed by atoms with E-state index in [-0.39, 0.29) is 0 Å². The van der Waals surface area contributed by atoms with Gasteiger partial charge in [-0.1, -0.05) is 18.0 Å². The van der Waals surface area contributed by atoms with Crippen molar-refractivity contribution >= 4 is 11.9 Å². The van der Waals surface area contributed by atoms with Crippen molar-refractivity contribution in [2.75, 3.05) is 5.75 Å². The van der Waals surface area contributed by atoms with Gasteiger partial charge in [0.1, 0.15) is 0 Å². The topological polar surface area (TPSA) is 48.8 Å². The highest BCUT2D eigenvalue weighted by molar-refractivity contribution is 7.98. The number of hydrogen-bond donors (Lipinski definition) is 0.